The van der Waals surface area contributed by atoms with Crippen LogP contribution in [0.25, 0.3) is 0 Å². The van der Waals surface area contributed by atoms with Crippen molar-refractivity contribution in [3.8, 4) is 0 Å². The molecular formula is C16H25N3O4. The first-order valence-corrected chi connectivity index (χ1v) is 7.89. The minimum Gasteiger partial charge on any atom is -0.460 e. The number of imidazole rings is 1. The maximum atomic E-state index is 12.2. The van der Waals surface area contributed by atoms with Crippen molar-refractivity contribution in [2.45, 2.75) is 66.3 Å². The highest BCUT2D eigenvalue weighted by molar-refractivity contribution is 5.86. The Bertz CT molecular complexity index is 614. The first-order valence-electron chi connectivity index (χ1n) is 7.89. The van der Waals surface area contributed by atoms with Gasteiger partial charge in [-0.15, -0.1) is 0 Å². The molecule has 0 bridgehead atoms. The predicted octanol–water partition coefficient (Wildman–Crippen LogP) is 2.89. The lowest BCUT2D eigenvalue weighted by Gasteiger charge is -2.24. The van der Waals surface area contributed by atoms with E-state index in [2.05, 4.69) is 4.98 Å². The van der Waals surface area contributed by atoms with Crippen LogP contribution >= 0.6 is 0 Å². The molecule has 0 atom stereocenters. The third kappa shape index (κ3) is 3.65. The highest BCUT2D eigenvalue weighted by Gasteiger charge is 2.34. The summed E-state index contributed by atoms with van der Waals surface area (Å²) in [6.45, 7) is 12.2. The largest absolute Gasteiger partial charge is 0.460 e. The van der Waals surface area contributed by atoms with E-state index in [1.165, 1.54) is 0 Å². The molecule has 0 saturated carbocycles. The average Bonchev–Trinajstić information content (AvgIpc) is 2.92. The molecule has 128 valence electrons. The number of rotatable bonds is 3. The van der Waals surface area contributed by atoms with Gasteiger partial charge in [0.05, 0.1) is 31.1 Å². The minimum atomic E-state index is -0.540. The number of hydrogen-bond acceptors (Lipinski definition) is 5. The molecule has 0 radical (unpaired) electrons. The number of ether oxygens (including phenoxy) is 2. The lowest BCUT2D eigenvalue weighted by atomic mass is 10.2. The zero-order valence-corrected chi connectivity index (χ0v) is 14.7. The van der Waals surface area contributed by atoms with Crippen LogP contribution in [0.3, 0.4) is 0 Å². The summed E-state index contributed by atoms with van der Waals surface area (Å²) in [5.74, 6) is -0.130. The summed E-state index contributed by atoms with van der Waals surface area (Å²) in [6.07, 6.45) is -0.372. The molecular weight excluding hydrogens is 298 g/mol. The zero-order chi connectivity index (χ0) is 17.4. The Morgan fingerprint density at radius 3 is 2.43 bits per heavy atom. The molecule has 0 fully saturated rings. The van der Waals surface area contributed by atoms with Gasteiger partial charge in [-0.25, -0.2) is 14.6 Å². The van der Waals surface area contributed by atoms with Crippen LogP contribution in [0.4, 0.5) is 4.79 Å². The normalized spacial score (nSPS) is 14.1. The van der Waals surface area contributed by atoms with Crippen LogP contribution in [0.5, 0.6) is 0 Å². The SMILES string of the molecule is CCOC(=O)c1nc2c(n1C(C)C)CN(C(=O)OC(C)(C)C)C2. The fourth-order valence-electron chi connectivity index (χ4n) is 2.58. The molecule has 0 N–H and O–H groups in total. The summed E-state index contributed by atoms with van der Waals surface area (Å²) in [4.78, 5) is 30.3. The fourth-order valence-corrected chi connectivity index (χ4v) is 2.58. The molecule has 2 heterocycles. The van der Waals surface area contributed by atoms with Crippen molar-refractivity contribution in [2.75, 3.05) is 6.61 Å². The van der Waals surface area contributed by atoms with E-state index in [4.69, 9.17) is 9.47 Å². The van der Waals surface area contributed by atoms with Crippen LogP contribution in [0.2, 0.25) is 0 Å². The Hall–Kier alpha value is -2.05. The number of esters is 1. The summed E-state index contributed by atoms with van der Waals surface area (Å²) in [5, 5.41) is 0. The van der Waals surface area contributed by atoms with Crippen molar-refractivity contribution in [2.24, 2.45) is 0 Å². The topological polar surface area (TPSA) is 73.7 Å². The maximum Gasteiger partial charge on any atom is 0.410 e. The number of hydrogen-bond donors (Lipinski definition) is 0. The molecule has 0 unspecified atom stereocenters. The average molecular weight is 323 g/mol. The summed E-state index contributed by atoms with van der Waals surface area (Å²) >= 11 is 0. The standard InChI is InChI=1S/C16H25N3O4/c1-7-22-14(20)13-17-11-8-18(15(21)23-16(4,5)6)9-12(11)19(13)10(2)3/h10H,7-9H2,1-6H3. The molecule has 1 aliphatic heterocycles. The van der Waals surface area contributed by atoms with Gasteiger partial charge in [-0.1, -0.05) is 0 Å². The molecule has 7 nitrogen and oxygen atoms in total. The second-order valence-electron chi connectivity index (χ2n) is 6.85. The fraction of sp³-hybridized carbons (Fsp3) is 0.688. The van der Waals surface area contributed by atoms with E-state index < -0.39 is 11.6 Å². The second kappa shape index (κ2) is 6.22. The minimum absolute atomic E-state index is 0.0456. The van der Waals surface area contributed by atoms with Crippen molar-refractivity contribution in [3.05, 3.63) is 17.2 Å². The van der Waals surface area contributed by atoms with E-state index in [-0.39, 0.29) is 12.1 Å². The summed E-state index contributed by atoms with van der Waals surface area (Å²) in [7, 11) is 0. The first kappa shape index (κ1) is 17.3. The van der Waals surface area contributed by atoms with Crippen LogP contribution in [0, 0.1) is 0 Å². The van der Waals surface area contributed by atoms with Gasteiger partial charge in [0.25, 0.3) is 0 Å². The molecule has 0 aromatic carbocycles. The van der Waals surface area contributed by atoms with Crippen LogP contribution in [0.15, 0.2) is 0 Å². The Labute approximate surface area is 136 Å². The van der Waals surface area contributed by atoms with E-state index in [0.717, 1.165) is 11.4 Å². The highest BCUT2D eigenvalue weighted by Crippen LogP contribution is 2.28. The van der Waals surface area contributed by atoms with Crippen molar-refractivity contribution in [1.29, 1.82) is 0 Å². The van der Waals surface area contributed by atoms with E-state index in [1.807, 2.05) is 39.2 Å². The summed E-state index contributed by atoms with van der Waals surface area (Å²) < 4.78 is 12.3. The van der Waals surface area contributed by atoms with Crippen molar-refractivity contribution < 1.29 is 19.1 Å². The second-order valence-corrected chi connectivity index (χ2v) is 6.85. The van der Waals surface area contributed by atoms with Crippen LogP contribution < -0.4 is 0 Å². The van der Waals surface area contributed by atoms with Gasteiger partial charge in [-0.2, -0.15) is 0 Å². The lowest BCUT2D eigenvalue weighted by molar-refractivity contribution is 0.0236. The van der Waals surface area contributed by atoms with E-state index >= 15 is 0 Å². The maximum absolute atomic E-state index is 12.2. The molecule has 1 aromatic rings. The zero-order valence-electron chi connectivity index (χ0n) is 14.7. The molecule has 7 heteroatoms. The van der Waals surface area contributed by atoms with Gasteiger partial charge in [0.1, 0.15) is 5.60 Å². The third-order valence-corrected chi connectivity index (χ3v) is 3.40. The summed E-state index contributed by atoms with van der Waals surface area (Å²) in [6, 6.07) is 0.0456. The number of amides is 1. The Kier molecular flexibility index (Phi) is 4.68. The van der Waals surface area contributed by atoms with Gasteiger partial charge in [0.15, 0.2) is 0 Å². The van der Waals surface area contributed by atoms with Crippen LogP contribution in [0.1, 0.15) is 69.6 Å². The van der Waals surface area contributed by atoms with Gasteiger partial charge in [0.2, 0.25) is 5.82 Å². The van der Waals surface area contributed by atoms with Gasteiger partial charge in [-0.3, -0.25) is 4.90 Å². The quantitative estimate of drug-likeness (QED) is 0.800. The third-order valence-electron chi connectivity index (χ3n) is 3.40. The molecule has 0 saturated heterocycles. The van der Waals surface area contributed by atoms with Crippen LogP contribution in [-0.4, -0.2) is 38.7 Å². The Balaban J connectivity index is 2.24. The van der Waals surface area contributed by atoms with Gasteiger partial charge >= 0.3 is 12.1 Å². The first-order chi connectivity index (χ1) is 10.6. The molecule has 23 heavy (non-hydrogen) atoms. The molecule has 2 rings (SSSR count). The number of carbonyl (C=O) groups is 2. The van der Waals surface area contributed by atoms with E-state index in [9.17, 15) is 9.59 Å². The van der Waals surface area contributed by atoms with Gasteiger partial charge < -0.3 is 14.0 Å². The smallest absolute Gasteiger partial charge is 0.410 e. The highest BCUT2D eigenvalue weighted by atomic mass is 16.6. The molecule has 1 amide bonds. The predicted molar refractivity (Wildman–Crippen MR) is 84.0 cm³/mol. The van der Waals surface area contributed by atoms with Gasteiger partial charge in [-0.05, 0) is 41.5 Å². The van der Waals surface area contributed by atoms with Crippen LogP contribution in [-0.2, 0) is 22.6 Å². The molecule has 0 spiro atoms. The van der Waals surface area contributed by atoms with Crippen molar-refractivity contribution in [3.63, 3.8) is 0 Å². The van der Waals surface area contributed by atoms with E-state index in [0.29, 0.717) is 25.5 Å². The molecule has 1 aromatic heterocycles. The van der Waals surface area contributed by atoms with Gasteiger partial charge in [0, 0.05) is 6.04 Å². The summed E-state index contributed by atoms with van der Waals surface area (Å²) in [5.41, 5.74) is 1.06. The number of fused-ring (bicyclic) bond motifs is 1. The monoisotopic (exact) mass is 323 g/mol. The number of aromatic nitrogens is 2. The number of carbonyl (C=O) groups excluding carboxylic acids is 2. The molecule has 0 aliphatic carbocycles. The van der Waals surface area contributed by atoms with Crippen molar-refractivity contribution >= 4 is 12.1 Å². The molecule has 1 aliphatic rings. The number of nitrogens with zero attached hydrogens (tertiary/aromatic N) is 3. The lowest BCUT2D eigenvalue weighted by Crippen LogP contribution is -2.34. The Morgan fingerprint density at radius 1 is 1.26 bits per heavy atom. The Morgan fingerprint density at radius 2 is 1.91 bits per heavy atom. The van der Waals surface area contributed by atoms with Crippen molar-refractivity contribution in [1.82, 2.24) is 14.5 Å². The van der Waals surface area contributed by atoms with E-state index in [1.54, 1.807) is 11.8 Å².